The van der Waals surface area contributed by atoms with Gasteiger partial charge in [0.15, 0.2) is 0 Å². The third-order valence-electron chi connectivity index (χ3n) is 4.25. The minimum atomic E-state index is -3.53. The zero-order valence-electron chi connectivity index (χ0n) is 12.3. The summed E-state index contributed by atoms with van der Waals surface area (Å²) < 4.78 is 27.7. The van der Waals surface area contributed by atoms with E-state index in [1.807, 2.05) is 6.92 Å². The summed E-state index contributed by atoms with van der Waals surface area (Å²) >= 11 is 6.05. The highest BCUT2D eigenvalue weighted by molar-refractivity contribution is 7.89. The molecule has 21 heavy (non-hydrogen) atoms. The number of nitrogens with two attached hydrogens (primary N) is 1. The van der Waals surface area contributed by atoms with Gasteiger partial charge in [-0.15, -0.1) is 0 Å². The van der Waals surface area contributed by atoms with Crippen LogP contribution in [0.25, 0.3) is 0 Å². The van der Waals surface area contributed by atoms with Crippen molar-refractivity contribution < 1.29 is 8.42 Å². The zero-order chi connectivity index (χ0) is 15.5. The molecule has 0 aromatic heterocycles. The predicted octanol–water partition coefficient (Wildman–Crippen LogP) is 3.05. The second-order valence-corrected chi connectivity index (χ2v) is 7.89. The van der Waals surface area contributed by atoms with Gasteiger partial charge in [-0.1, -0.05) is 36.9 Å². The normalized spacial score (nSPS) is 18.6. The first-order chi connectivity index (χ1) is 9.94. The largest absolute Gasteiger partial charge is 0.326 e. The first kappa shape index (κ1) is 16.7. The average molecular weight is 331 g/mol. The number of halogens is 1. The highest BCUT2D eigenvalue weighted by atomic mass is 35.5. The Morgan fingerprint density at radius 3 is 2.57 bits per heavy atom. The summed E-state index contributed by atoms with van der Waals surface area (Å²) in [6.07, 6.45) is 5.82. The van der Waals surface area contributed by atoms with Crippen LogP contribution in [0.5, 0.6) is 0 Å². The van der Waals surface area contributed by atoms with Gasteiger partial charge in [0.25, 0.3) is 0 Å². The topological polar surface area (TPSA) is 72.2 Å². The van der Waals surface area contributed by atoms with Gasteiger partial charge in [0.05, 0.1) is 4.90 Å². The predicted molar refractivity (Wildman–Crippen MR) is 85.7 cm³/mol. The first-order valence-corrected chi connectivity index (χ1v) is 9.31. The molecule has 2 rings (SSSR count). The minimum absolute atomic E-state index is 0.0525. The Morgan fingerprint density at radius 1 is 1.33 bits per heavy atom. The average Bonchev–Trinajstić information content (AvgIpc) is 2.47. The van der Waals surface area contributed by atoms with E-state index in [4.69, 9.17) is 17.3 Å². The number of rotatable bonds is 5. The van der Waals surface area contributed by atoms with Crippen LogP contribution in [0.1, 0.15) is 44.6 Å². The molecule has 0 amide bonds. The smallest absolute Gasteiger partial charge is 0.240 e. The van der Waals surface area contributed by atoms with Crippen LogP contribution in [0.2, 0.25) is 5.02 Å². The quantitative estimate of drug-likeness (QED) is 0.871. The maximum absolute atomic E-state index is 12.4. The van der Waals surface area contributed by atoms with Gasteiger partial charge in [0, 0.05) is 17.6 Å². The Bertz CT molecular complexity index is 583. The van der Waals surface area contributed by atoms with Crippen LogP contribution in [-0.2, 0) is 16.6 Å². The zero-order valence-corrected chi connectivity index (χ0v) is 13.9. The summed E-state index contributed by atoms with van der Waals surface area (Å²) in [4.78, 5) is 0.201. The molecule has 0 spiro atoms. The van der Waals surface area contributed by atoms with E-state index < -0.39 is 10.0 Å². The van der Waals surface area contributed by atoms with E-state index in [-0.39, 0.29) is 10.9 Å². The van der Waals surface area contributed by atoms with Gasteiger partial charge in [0.1, 0.15) is 0 Å². The molecule has 0 aliphatic heterocycles. The molecule has 118 valence electrons. The number of hydrogen-bond donors (Lipinski definition) is 2. The van der Waals surface area contributed by atoms with E-state index in [2.05, 4.69) is 4.72 Å². The molecule has 1 aliphatic rings. The summed E-state index contributed by atoms with van der Waals surface area (Å²) in [7, 11) is -3.53. The Balaban J connectivity index is 2.12. The summed E-state index contributed by atoms with van der Waals surface area (Å²) in [6.45, 7) is 2.24. The first-order valence-electron chi connectivity index (χ1n) is 7.45. The second kappa shape index (κ2) is 7.09. The van der Waals surface area contributed by atoms with Crippen molar-refractivity contribution in [3.8, 4) is 0 Å². The van der Waals surface area contributed by atoms with Crippen LogP contribution >= 0.6 is 11.6 Å². The summed E-state index contributed by atoms with van der Waals surface area (Å²) in [6, 6.07) is 4.65. The van der Waals surface area contributed by atoms with Crippen molar-refractivity contribution in [3.63, 3.8) is 0 Å². The van der Waals surface area contributed by atoms with E-state index in [9.17, 15) is 8.42 Å². The van der Waals surface area contributed by atoms with Gasteiger partial charge >= 0.3 is 0 Å². The molecule has 1 fully saturated rings. The van der Waals surface area contributed by atoms with Gasteiger partial charge in [-0.3, -0.25) is 0 Å². The molecule has 1 unspecified atom stereocenters. The third-order valence-corrected chi connectivity index (χ3v) is 6.16. The number of benzene rings is 1. The van der Waals surface area contributed by atoms with Crippen LogP contribution < -0.4 is 10.5 Å². The van der Waals surface area contributed by atoms with Crippen molar-refractivity contribution in [2.45, 2.75) is 56.5 Å². The lowest BCUT2D eigenvalue weighted by molar-refractivity contribution is 0.303. The van der Waals surface area contributed by atoms with Gasteiger partial charge in [-0.05, 0) is 43.4 Å². The lowest BCUT2D eigenvalue weighted by atomic mass is 9.85. The molecule has 0 heterocycles. The molecule has 0 radical (unpaired) electrons. The van der Waals surface area contributed by atoms with Gasteiger partial charge in [-0.2, -0.15) is 0 Å². The molecule has 1 aromatic rings. The molecule has 6 heteroatoms. The van der Waals surface area contributed by atoms with E-state index >= 15 is 0 Å². The second-order valence-electron chi connectivity index (χ2n) is 5.77. The Hall–Kier alpha value is -0.620. The maximum Gasteiger partial charge on any atom is 0.240 e. The molecule has 0 saturated heterocycles. The molecule has 3 N–H and O–H groups in total. The van der Waals surface area contributed by atoms with Crippen molar-refractivity contribution in [3.05, 3.63) is 28.8 Å². The monoisotopic (exact) mass is 330 g/mol. The third kappa shape index (κ3) is 4.19. The summed E-state index contributed by atoms with van der Waals surface area (Å²) in [5.74, 6) is 0.423. The highest BCUT2D eigenvalue weighted by Gasteiger charge is 2.25. The van der Waals surface area contributed by atoms with E-state index in [0.717, 1.165) is 18.4 Å². The van der Waals surface area contributed by atoms with Gasteiger partial charge < -0.3 is 5.73 Å². The van der Waals surface area contributed by atoms with E-state index in [1.165, 1.54) is 25.3 Å². The SMILES string of the molecule is CC(NS(=O)(=O)c1ccc(CN)c(Cl)c1)C1CCCCC1. The molecule has 1 saturated carbocycles. The van der Waals surface area contributed by atoms with Crippen LogP contribution in [0.4, 0.5) is 0 Å². The lowest BCUT2D eigenvalue weighted by Gasteiger charge is -2.28. The van der Waals surface area contributed by atoms with E-state index in [1.54, 1.807) is 12.1 Å². The van der Waals surface area contributed by atoms with Crippen molar-refractivity contribution in [2.75, 3.05) is 0 Å². The van der Waals surface area contributed by atoms with Crippen LogP contribution in [0, 0.1) is 5.92 Å². The van der Waals surface area contributed by atoms with Crippen LogP contribution in [-0.4, -0.2) is 14.5 Å². The molecule has 4 nitrogen and oxygen atoms in total. The highest BCUT2D eigenvalue weighted by Crippen LogP contribution is 2.27. The van der Waals surface area contributed by atoms with Crippen molar-refractivity contribution in [2.24, 2.45) is 11.7 Å². The van der Waals surface area contributed by atoms with Crippen molar-refractivity contribution in [1.29, 1.82) is 0 Å². The molecule has 1 atom stereocenters. The maximum atomic E-state index is 12.4. The fourth-order valence-electron chi connectivity index (χ4n) is 2.90. The molecule has 1 aromatic carbocycles. The fourth-order valence-corrected chi connectivity index (χ4v) is 4.56. The summed E-state index contributed by atoms with van der Waals surface area (Å²) in [5, 5.41) is 0.394. The van der Waals surface area contributed by atoms with Gasteiger partial charge in [-0.25, -0.2) is 13.1 Å². The minimum Gasteiger partial charge on any atom is -0.326 e. The Morgan fingerprint density at radius 2 is 2.00 bits per heavy atom. The fraction of sp³-hybridized carbons (Fsp3) is 0.600. The standard InChI is InChI=1S/C15H23ClN2O2S/c1-11(12-5-3-2-4-6-12)18-21(19,20)14-8-7-13(10-17)15(16)9-14/h7-9,11-12,18H,2-6,10,17H2,1H3. The van der Waals surface area contributed by atoms with Crippen molar-refractivity contribution >= 4 is 21.6 Å². The molecular formula is C15H23ClN2O2S. The molecule has 1 aliphatic carbocycles. The summed E-state index contributed by atoms with van der Waals surface area (Å²) in [5.41, 5.74) is 6.28. The van der Waals surface area contributed by atoms with Crippen LogP contribution in [0.3, 0.4) is 0 Å². The van der Waals surface area contributed by atoms with Crippen LogP contribution in [0.15, 0.2) is 23.1 Å². The van der Waals surface area contributed by atoms with Crippen molar-refractivity contribution in [1.82, 2.24) is 4.72 Å². The molecule has 0 bridgehead atoms. The number of hydrogen-bond acceptors (Lipinski definition) is 3. The number of nitrogens with one attached hydrogen (secondary N) is 1. The Labute approximate surface area is 132 Å². The van der Waals surface area contributed by atoms with Gasteiger partial charge in [0.2, 0.25) is 10.0 Å². The molecular weight excluding hydrogens is 308 g/mol. The number of sulfonamides is 1. The lowest BCUT2D eigenvalue weighted by Crippen LogP contribution is -2.38. The Kier molecular flexibility index (Phi) is 5.66. The van der Waals surface area contributed by atoms with E-state index in [0.29, 0.717) is 17.5 Å².